The molecule has 0 bridgehead atoms. The van der Waals surface area contributed by atoms with Crippen LogP contribution < -0.4 is 0 Å². The molecule has 0 aliphatic carbocycles. The van der Waals surface area contributed by atoms with E-state index in [1.165, 1.54) is 36.2 Å². The van der Waals surface area contributed by atoms with E-state index in [1.807, 2.05) is 0 Å². The second-order valence-electron chi connectivity index (χ2n) is 4.33. The van der Waals surface area contributed by atoms with Gasteiger partial charge in [0.05, 0.1) is 0 Å². The summed E-state index contributed by atoms with van der Waals surface area (Å²) < 4.78 is 9.09. The minimum atomic E-state index is -2.58. The molecule has 0 aromatic heterocycles. The van der Waals surface area contributed by atoms with Crippen LogP contribution in [0.1, 0.15) is 46.5 Å². The molecule has 0 amide bonds. The van der Waals surface area contributed by atoms with Crippen LogP contribution in [-0.2, 0) is 7.87 Å². The number of unbranched alkanes of at least 4 members (excludes halogenated alkanes) is 3. The van der Waals surface area contributed by atoms with Crippen LogP contribution in [-0.4, -0.2) is 24.8 Å². The SMILES string of the molecule is C=CC(=O)[O][Sn]([CH2]C)([CH2]C)[CH2]CCCCC. The molecule has 0 aliphatic heterocycles. The molecule has 0 saturated heterocycles. The molecule has 16 heavy (non-hydrogen) atoms. The van der Waals surface area contributed by atoms with Crippen molar-refractivity contribution in [1.29, 1.82) is 0 Å². The molecule has 0 spiro atoms. The molecule has 0 unspecified atom stereocenters. The number of carbonyl (C=O) groups excluding carboxylic acids is 1. The van der Waals surface area contributed by atoms with E-state index in [1.54, 1.807) is 0 Å². The van der Waals surface area contributed by atoms with Crippen LogP contribution in [0.15, 0.2) is 12.7 Å². The van der Waals surface area contributed by atoms with Gasteiger partial charge in [-0.3, -0.25) is 0 Å². The fraction of sp³-hybridized carbons (Fsp3) is 0.769. The fourth-order valence-corrected chi connectivity index (χ4v) is 10.5. The molecule has 0 aromatic rings. The molecule has 2 nitrogen and oxygen atoms in total. The van der Waals surface area contributed by atoms with Gasteiger partial charge in [0.1, 0.15) is 0 Å². The molecular formula is C13H26O2Sn. The van der Waals surface area contributed by atoms with E-state index < -0.39 is 18.8 Å². The van der Waals surface area contributed by atoms with Gasteiger partial charge in [-0.1, -0.05) is 0 Å². The van der Waals surface area contributed by atoms with E-state index in [2.05, 4.69) is 27.4 Å². The summed E-state index contributed by atoms with van der Waals surface area (Å²) in [6.45, 7) is 10.1. The van der Waals surface area contributed by atoms with Crippen LogP contribution in [0.2, 0.25) is 13.3 Å². The first kappa shape index (κ1) is 16.0. The first-order valence-corrected chi connectivity index (χ1v) is 13.7. The Bertz CT molecular complexity index is 210. The molecule has 0 rings (SSSR count). The molecule has 0 aliphatic rings. The van der Waals surface area contributed by atoms with Gasteiger partial charge >= 0.3 is 105 Å². The van der Waals surface area contributed by atoms with Crippen molar-refractivity contribution < 1.29 is 7.87 Å². The average molecular weight is 333 g/mol. The molecule has 0 heterocycles. The first-order valence-electron chi connectivity index (χ1n) is 6.49. The Morgan fingerprint density at radius 1 is 1.19 bits per heavy atom. The molecule has 94 valence electrons. The van der Waals surface area contributed by atoms with Gasteiger partial charge in [-0.05, 0) is 0 Å². The zero-order valence-electron chi connectivity index (χ0n) is 11.1. The summed E-state index contributed by atoms with van der Waals surface area (Å²) in [6, 6.07) is 0. The summed E-state index contributed by atoms with van der Waals surface area (Å²) in [5, 5.41) is 0. The molecule has 3 heteroatoms. The average Bonchev–Trinajstić information content (AvgIpc) is 2.33. The summed E-state index contributed by atoms with van der Waals surface area (Å²) in [5.74, 6) is -0.199. The Morgan fingerprint density at radius 3 is 2.25 bits per heavy atom. The van der Waals surface area contributed by atoms with Crippen molar-refractivity contribution in [2.45, 2.75) is 59.8 Å². The van der Waals surface area contributed by atoms with Crippen LogP contribution in [0.5, 0.6) is 0 Å². The molecule has 0 N–H and O–H groups in total. The van der Waals surface area contributed by atoms with Crippen molar-refractivity contribution in [3.05, 3.63) is 12.7 Å². The van der Waals surface area contributed by atoms with Gasteiger partial charge in [0.2, 0.25) is 0 Å². The van der Waals surface area contributed by atoms with Gasteiger partial charge in [0, 0.05) is 0 Å². The summed E-state index contributed by atoms with van der Waals surface area (Å²) in [6.07, 6.45) is 6.37. The Balaban J connectivity index is 4.20. The van der Waals surface area contributed by atoms with E-state index >= 15 is 0 Å². The van der Waals surface area contributed by atoms with Gasteiger partial charge in [-0.15, -0.1) is 0 Å². The van der Waals surface area contributed by atoms with Crippen molar-refractivity contribution in [2.75, 3.05) is 0 Å². The predicted molar refractivity (Wildman–Crippen MR) is 72.0 cm³/mol. The van der Waals surface area contributed by atoms with Crippen LogP contribution in [0.4, 0.5) is 0 Å². The normalized spacial score (nSPS) is 11.2. The quantitative estimate of drug-likeness (QED) is 0.358. The Kier molecular flexibility index (Phi) is 9.09. The molecular weight excluding hydrogens is 307 g/mol. The Hall–Kier alpha value is 0.00870. The first-order chi connectivity index (χ1) is 7.64. The van der Waals surface area contributed by atoms with Crippen LogP contribution >= 0.6 is 0 Å². The second-order valence-corrected chi connectivity index (χ2v) is 17.1. The predicted octanol–water partition coefficient (Wildman–Crippen LogP) is 4.28. The van der Waals surface area contributed by atoms with E-state index in [4.69, 9.17) is 3.07 Å². The zero-order chi connectivity index (χ0) is 12.4. The Labute approximate surface area is 105 Å². The number of hydrogen-bond acceptors (Lipinski definition) is 2. The van der Waals surface area contributed by atoms with Gasteiger partial charge in [0.25, 0.3) is 0 Å². The summed E-state index contributed by atoms with van der Waals surface area (Å²) in [7, 11) is 0. The maximum atomic E-state index is 11.3. The summed E-state index contributed by atoms with van der Waals surface area (Å²) in [5.41, 5.74) is 0. The fourth-order valence-electron chi connectivity index (χ4n) is 1.93. The minimum absolute atomic E-state index is 0.199. The molecule has 0 saturated carbocycles. The number of rotatable bonds is 9. The third-order valence-corrected chi connectivity index (χ3v) is 16.0. The van der Waals surface area contributed by atoms with E-state index in [-0.39, 0.29) is 5.97 Å². The van der Waals surface area contributed by atoms with E-state index in [9.17, 15) is 4.79 Å². The van der Waals surface area contributed by atoms with Gasteiger partial charge in [0.15, 0.2) is 0 Å². The van der Waals surface area contributed by atoms with Crippen molar-refractivity contribution in [1.82, 2.24) is 0 Å². The van der Waals surface area contributed by atoms with Crippen molar-refractivity contribution in [3.63, 3.8) is 0 Å². The summed E-state index contributed by atoms with van der Waals surface area (Å²) in [4.78, 5) is 11.3. The van der Waals surface area contributed by atoms with Crippen LogP contribution in [0.25, 0.3) is 0 Å². The monoisotopic (exact) mass is 334 g/mol. The number of hydrogen-bond donors (Lipinski definition) is 0. The topological polar surface area (TPSA) is 26.3 Å². The number of carbonyl (C=O) groups is 1. The van der Waals surface area contributed by atoms with Gasteiger partial charge < -0.3 is 0 Å². The van der Waals surface area contributed by atoms with Crippen molar-refractivity contribution >= 4 is 24.8 Å². The third kappa shape index (κ3) is 5.92. The third-order valence-electron chi connectivity index (χ3n) is 3.26. The van der Waals surface area contributed by atoms with Gasteiger partial charge in [-0.2, -0.15) is 0 Å². The summed E-state index contributed by atoms with van der Waals surface area (Å²) >= 11 is -2.58. The molecule has 0 atom stereocenters. The molecule has 0 fully saturated rings. The van der Waals surface area contributed by atoms with E-state index in [0.29, 0.717) is 0 Å². The van der Waals surface area contributed by atoms with Crippen LogP contribution in [0.3, 0.4) is 0 Å². The van der Waals surface area contributed by atoms with Crippen LogP contribution in [0, 0.1) is 0 Å². The zero-order valence-corrected chi connectivity index (χ0v) is 13.9. The molecule has 0 aromatic carbocycles. The Morgan fingerprint density at radius 2 is 1.81 bits per heavy atom. The van der Waals surface area contributed by atoms with Gasteiger partial charge in [-0.25, -0.2) is 0 Å². The maximum absolute atomic E-state index is 11.3. The van der Waals surface area contributed by atoms with Crippen molar-refractivity contribution in [3.8, 4) is 0 Å². The van der Waals surface area contributed by atoms with E-state index in [0.717, 1.165) is 8.87 Å². The van der Waals surface area contributed by atoms with Crippen molar-refractivity contribution in [2.24, 2.45) is 0 Å². The standard InChI is InChI=1S/C6H13.C3H4O2.2C2H5.Sn/c1-3-5-6-4-2;1-2-3(4)5;2*1-2;/h1,3-6H2,2H3;2H,1H2,(H,4,5);2*1H2,2H3;/q;;;;+1/p-1. The molecule has 0 radical (unpaired) electrons. The second kappa shape index (κ2) is 9.08.